The van der Waals surface area contributed by atoms with Crippen molar-refractivity contribution in [2.75, 3.05) is 7.11 Å². The van der Waals surface area contributed by atoms with Gasteiger partial charge in [0.1, 0.15) is 5.75 Å². The molecule has 1 spiro atoms. The number of aromatic nitrogens is 1. The van der Waals surface area contributed by atoms with E-state index in [-0.39, 0.29) is 29.9 Å². The molecule has 1 aromatic carbocycles. The van der Waals surface area contributed by atoms with E-state index < -0.39 is 11.1 Å². The largest absolute Gasteiger partial charge is 0.497 e. The van der Waals surface area contributed by atoms with Crippen molar-refractivity contribution >= 4 is 11.6 Å². The minimum absolute atomic E-state index is 0.0755. The molecule has 6 nitrogen and oxygen atoms in total. The van der Waals surface area contributed by atoms with Crippen LogP contribution >= 0.6 is 0 Å². The number of aliphatic imine (C=N–C) groups is 1. The van der Waals surface area contributed by atoms with Gasteiger partial charge in [-0.25, -0.2) is 0 Å². The number of benzene rings is 1. The van der Waals surface area contributed by atoms with Crippen molar-refractivity contribution in [2.45, 2.75) is 64.4 Å². The number of carbonyl (C=O) groups excluding carboxylic acids is 1. The number of fused-ring (bicyclic) bond motifs is 1. The average Bonchev–Trinajstić information content (AvgIpc) is 3.31. The number of methoxy groups -OCH3 is 1. The third-order valence-electron chi connectivity index (χ3n) is 8.29. The fraction of sp³-hybridized carbons (Fsp3) is 0.483. The van der Waals surface area contributed by atoms with Gasteiger partial charge in [-0.3, -0.25) is 14.8 Å². The van der Waals surface area contributed by atoms with Crippen molar-refractivity contribution in [2.24, 2.45) is 22.2 Å². The number of allylic oxidation sites excluding steroid dienone is 1. The lowest BCUT2D eigenvalue weighted by molar-refractivity contribution is -0.154. The zero-order valence-corrected chi connectivity index (χ0v) is 21.1. The lowest BCUT2D eigenvalue weighted by atomic mass is 9.66. The van der Waals surface area contributed by atoms with Crippen molar-refractivity contribution in [1.29, 1.82) is 0 Å². The van der Waals surface area contributed by atoms with E-state index >= 15 is 0 Å². The molecule has 0 N–H and O–H groups in total. The van der Waals surface area contributed by atoms with Crippen LogP contribution in [0.15, 0.2) is 66.4 Å². The Labute approximate surface area is 208 Å². The SMILES string of the molecule is C=CC[C@]12C[C@@]3(O[C@H](C(C)C)N=C3C[C@H](c3ccc(OC)cc3)[C@H]1C)N(Cc1cccnc1)C2=O. The van der Waals surface area contributed by atoms with Crippen LogP contribution in [0.4, 0.5) is 0 Å². The summed E-state index contributed by atoms with van der Waals surface area (Å²) in [5.41, 5.74) is 1.74. The predicted octanol–water partition coefficient (Wildman–Crippen LogP) is 5.36. The lowest BCUT2D eigenvalue weighted by Gasteiger charge is -2.40. The Balaban J connectivity index is 1.64. The summed E-state index contributed by atoms with van der Waals surface area (Å²) in [7, 11) is 1.68. The molecular weight excluding hydrogens is 438 g/mol. The summed E-state index contributed by atoms with van der Waals surface area (Å²) in [6, 6.07) is 12.2. The van der Waals surface area contributed by atoms with Gasteiger partial charge in [0.05, 0.1) is 24.8 Å². The van der Waals surface area contributed by atoms with Gasteiger partial charge < -0.3 is 14.4 Å². The van der Waals surface area contributed by atoms with Gasteiger partial charge in [-0.15, -0.1) is 6.58 Å². The molecule has 1 saturated heterocycles. The molecule has 1 aromatic heterocycles. The van der Waals surface area contributed by atoms with Gasteiger partial charge >= 0.3 is 0 Å². The Morgan fingerprint density at radius 1 is 1.29 bits per heavy atom. The number of carbonyl (C=O) groups is 1. The Bertz CT molecular complexity index is 1130. The van der Waals surface area contributed by atoms with Crippen molar-refractivity contribution in [1.82, 2.24) is 9.88 Å². The van der Waals surface area contributed by atoms with Crippen LogP contribution in [-0.2, 0) is 16.1 Å². The number of nitrogens with zero attached hydrogens (tertiary/aromatic N) is 3. The van der Waals surface area contributed by atoms with Gasteiger partial charge in [0, 0.05) is 24.7 Å². The number of hydrogen-bond donors (Lipinski definition) is 0. The third kappa shape index (κ3) is 3.70. The summed E-state index contributed by atoms with van der Waals surface area (Å²) in [5, 5.41) is 0. The Morgan fingerprint density at radius 2 is 2.06 bits per heavy atom. The van der Waals surface area contributed by atoms with Gasteiger partial charge in [0.25, 0.3) is 0 Å². The second-order valence-electron chi connectivity index (χ2n) is 10.6. The number of pyridine rings is 1. The van der Waals surface area contributed by atoms with E-state index in [1.807, 2.05) is 41.4 Å². The van der Waals surface area contributed by atoms with Crippen LogP contribution < -0.4 is 4.74 Å². The number of likely N-dealkylation sites (tertiary alicyclic amines) is 1. The minimum atomic E-state index is -0.833. The maximum atomic E-state index is 14.5. The molecule has 1 amide bonds. The van der Waals surface area contributed by atoms with Crippen LogP contribution in [0.5, 0.6) is 5.75 Å². The first-order valence-electron chi connectivity index (χ1n) is 12.6. The quantitative estimate of drug-likeness (QED) is 0.508. The summed E-state index contributed by atoms with van der Waals surface area (Å²) in [4.78, 5) is 25.8. The summed E-state index contributed by atoms with van der Waals surface area (Å²) in [5.74, 6) is 1.38. The van der Waals surface area contributed by atoms with Gasteiger partial charge in [0.15, 0.2) is 12.0 Å². The first-order valence-corrected chi connectivity index (χ1v) is 12.6. The van der Waals surface area contributed by atoms with E-state index in [1.54, 1.807) is 13.3 Å². The van der Waals surface area contributed by atoms with Crippen molar-refractivity contribution in [3.63, 3.8) is 0 Å². The van der Waals surface area contributed by atoms with Crippen molar-refractivity contribution < 1.29 is 14.3 Å². The second kappa shape index (κ2) is 8.90. The highest BCUT2D eigenvalue weighted by atomic mass is 16.6. The molecule has 0 unspecified atom stereocenters. The second-order valence-corrected chi connectivity index (χ2v) is 10.6. The van der Waals surface area contributed by atoms with Crippen LogP contribution in [-0.4, -0.2) is 40.6 Å². The molecule has 2 fully saturated rings. The summed E-state index contributed by atoms with van der Waals surface area (Å²) in [6.45, 7) is 11.0. The zero-order chi connectivity index (χ0) is 24.8. The predicted molar refractivity (Wildman–Crippen MR) is 136 cm³/mol. The third-order valence-corrected chi connectivity index (χ3v) is 8.29. The Hall–Kier alpha value is -2.99. The molecule has 3 heterocycles. The Kier molecular flexibility index (Phi) is 6.04. The number of amides is 1. The molecule has 2 bridgehead atoms. The topological polar surface area (TPSA) is 64.0 Å². The molecule has 3 aliphatic rings. The molecule has 0 radical (unpaired) electrons. The van der Waals surface area contributed by atoms with E-state index in [1.165, 1.54) is 5.56 Å². The van der Waals surface area contributed by atoms with Crippen molar-refractivity contribution in [3.8, 4) is 5.75 Å². The standard InChI is InChI=1S/C29H35N3O3/c1-6-13-28-18-29(32(27(28)33)17-21-8-7-14-30-16-21)25(31-26(35-29)19(2)3)15-24(20(28)4)22-9-11-23(34-5)12-10-22/h6-12,14,16,19-20,24,26H,1,13,15,17-18H2,2-5H3/t20-,24+,26-,28+,29+/m1/s1. The normalized spacial score (nSPS) is 31.8. The summed E-state index contributed by atoms with van der Waals surface area (Å²) >= 11 is 0. The van der Waals surface area contributed by atoms with Crippen molar-refractivity contribution in [3.05, 3.63) is 72.6 Å². The lowest BCUT2D eigenvalue weighted by Crippen LogP contribution is -2.53. The van der Waals surface area contributed by atoms with E-state index in [0.717, 1.165) is 23.4 Å². The van der Waals surface area contributed by atoms with Gasteiger partial charge in [0.2, 0.25) is 5.91 Å². The molecular formula is C29H35N3O3. The highest BCUT2D eigenvalue weighted by Gasteiger charge is 2.68. The zero-order valence-electron chi connectivity index (χ0n) is 21.1. The average molecular weight is 474 g/mol. The van der Waals surface area contributed by atoms with Crippen LogP contribution in [0, 0.1) is 17.3 Å². The molecule has 5 rings (SSSR count). The van der Waals surface area contributed by atoms with E-state index in [0.29, 0.717) is 19.4 Å². The highest BCUT2D eigenvalue weighted by Crippen LogP contribution is 2.60. The minimum Gasteiger partial charge on any atom is -0.497 e. The molecule has 1 aliphatic carbocycles. The van der Waals surface area contributed by atoms with Gasteiger partial charge in [-0.2, -0.15) is 0 Å². The number of hydrogen-bond acceptors (Lipinski definition) is 5. The highest BCUT2D eigenvalue weighted by molar-refractivity contribution is 6.02. The van der Waals surface area contributed by atoms with E-state index in [2.05, 4.69) is 44.5 Å². The molecule has 5 atom stereocenters. The van der Waals surface area contributed by atoms with Crippen LogP contribution in [0.3, 0.4) is 0 Å². The maximum absolute atomic E-state index is 14.5. The summed E-state index contributed by atoms with van der Waals surface area (Å²) < 4.78 is 12.2. The smallest absolute Gasteiger partial charge is 0.232 e. The molecule has 6 heteroatoms. The first kappa shape index (κ1) is 23.7. The van der Waals surface area contributed by atoms with Gasteiger partial charge in [-0.1, -0.05) is 45.0 Å². The Morgan fingerprint density at radius 3 is 2.69 bits per heavy atom. The first-order chi connectivity index (χ1) is 16.8. The molecule has 35 heavy (non-hydrogen) atoms. The number of rotatable bonds is 7. The molecule has 2 aliphatic heterocycles. The van der Waals surface area contributed by atoms with Crippen LogP contribution in [0.1, 0.15) is 57.1 Å². The summed E-state index contributed by atoms with van der Waals surface area (Å²) in [6.07, 6.45) is 7.18. The van der Waals surface area contributed by atoms with E-state index in [9.17, 15) is 4.79 Å². The molecule has 1 saturated carbocycles. The van der Waals surface area contributed by atoms with E-state index in [4.69, 9.17) is 14.5 Å². The molecule has 2 aromatic rings. The van der Waals surface area contributed by atoms with Gasteiger partial charge in [-0.05, 0) is 54.0 Å². The van der Waals surface area contributed by atoms with Crippen LogP contribution in [0.2, 0.25) is 0 Å². The monoisotopic (exact) mass is 473 g/mol. The van der Waals surface area contributed by atoms with Crippen LogP contribution in [0.25, 0.3) is 0 Å². The fourth-order valence-corrected chi connectivity index (χ4v) is 6.30. The molecule has 184 valence electrons. The maximum Gasteiger partial charge on any atom is 0.232 e. The number of ether oxygens (including phenoxy) is 2. The fourth-order valence-electron chi connectivity index (χ4n) is 6.30.